The van der Waals surface area contributed by atoms with Crippen LogP contribution in [0.15, 0.2) is 48.8 Å². The largest absolute Gasteiger partial charge is 0.381 e. The number of likely N-dealkylation sites (tertiary alicyclic amines) is 1. The first-order valence-corrected chi connectivity index (χ1v) is 21.0. The number of nitrogens with two attached hydrogens (primary N) is 1. The Morgan fingerprint density at radius 3 is 2.20 bits per heavy atom. The fraction of sp³-hybridized carbons (Fsp3) is 0.500. The summed E-state index contributed by atoms with van der Waals surface area (Å²) in [6.07, 6.45) is 13.5. The summed E-state index contributed by atoms with van der Waals surface area (Å²) in [5, 5.41) is 8.90. The normalized spacial score (nSPS) is 18.6. The molecular formula is C42H54Cl3N7O7. The molecule has 3 heterocycles. The van der Waals surface area contributed by atoms with Gasteiger partial charge in [-0.05, 0) is 92.7 Å². The van der Waals surface area contributed by atoms with E-state index in [0.717, 1.165) is 70.1 Å². The molecule has 5 amide bonds. The number of amides is 5. The van der Waals surface area contributed by atoms with Gasteiger partial charge in [-0.2, -0.15) is 0 Å². The number of aromatic nitrogens is 2. The van der Waals surface area contributed by atoms with Crippen LogP contribution in [-0.4, -0.2) is 92.0 Å². The molecule has 1 atom stereocenters. The zero-order valence-electron chi connectivity index (χ0n) is 33.5. The lowest BCUT2D eigenvalue weighted by Crippen LogP contribution is -2.29. The van der Waals surface area contributed by atoms with E-state index in [-0.39, 0.29) is 47.1 Å². The number of anilines is 1. The Hall–Kier alpha value is -4.34. The van der Waals surface area contributed by atoms with E-state index in [2.05, 4.69) is 25.9 Å². The Labute approximate surface area is 360 Å². The van der Waals surface area contributed by atoms with Crippen LogP contribution in [0.3, 0.4) is 0 Å². The molecule has 2 aliphatic carbocycles. The fourth-order valence-electron chi connectivity index (χ4n) is 6.86. The highest BCUT2D eigenvalue weighted by Gasteiger charge is 2.29. The van der Waals surface area contributed by atoms with Gasteiger partial charge < -0.3 is 36.1 Å². The first-order valence-electron chi connectivity index (χ1n) is 19.9. The number of halogens is 3. The highest BCUT2D eigenvalue weighted by Crippen LogP contribution is 2.40. The molecule has 0 radical (unpaired) electrons. The van der Waals surface area contributed by atoms with Crippen molar-refractivity contribution in [2.24, 2.45) is 23.5 Å². The summed E-state index contributed by atoms with van der Waals surface area (Å²) in [6.45, 7) is 3.09. The second-order valence-corrected chi connectivity index (χ2v) is 15.9. The summed E-state index contributed by atoms with van der Waals surface area (Å²) in [5.41, 5.74) is 7.44. The van der Waals surface area contributed by atoms with Crippen molar-refractivity contribution in [3.63, 3.8) is 0 Å². The molecule has 59 heavy (non-hydrogen) atoms. The maximum absolute atomic E-state index is 12.4. The molecule has 14 nitrogen and oxygen atoms in total. The second-order valence-electron chi connectivity index (χ2n) is 14.7. The Kier molecular flexibility index (Phi) is 19.8. The van der Waals surface area contributed by atoms with Gasteiger partial charge in [0.15, 0.2) is 0 Å². The predicted octanol–water partition coefficient (Wildman–Crippen LogP) is 6.63. The highest BCUT2D eigenvalue weighted by atomic mass is 35.5. The van der Waals surface area contributed by atoms with Gasteiger partial charge in [0.2, 0.25) is 24.1 Å². The van der Waals surface area contributed by atoms with Crippen molar-refractivity contribution in [1.82, 2.24) is 25.5 Å². The fourth-order valence-corrected chi connectivity index (χ4v) is 7.57. The van der Waals surface area contributed by atoms with Crippen LogP contribution in [0.5, 0.6) is 0 Å². The van der Waals surface area contributed by atoms with Crippen LogP contribution in [0.4, 0.5) is 5.82 Å². The molecular weight excluding hydrogens is 821 g/mol. The van der Waals surface area contributed by atoms with E-state index in [1.54, 1.807) is 29.3 Å². The molecule has 5 N–H and O–H groups in total. The van der Waals surface area contributed by atoms with E-state index in [1.807, 2.05) is 25.4 Å². The Balaban J connectivity index is 0.000000207. The molecule has 2 saturated carbocycles. The van der Waals surface area contributed by atoms with Crippen molar-refractivity contribution in [3.05, 3.63) is 75.1 Å². The molecule has 0 bridgehead atoms. The molecule has 0 spiro atoms. The number of nitrogens with one attached hydrogen (secondary N) is 3. The number of primary amides is 1. The molecule has 1 saturated heterocycles. The third-order valence-corrected chi connectivity index (χ3v) is 11.6. The van der Waals surface area contributed by atoms with E-state index in [9.17, 15) is 24.0 Å². The van der Waals surface area contributed by atoms with Gasteiger partial charge in [0, 0.05) is 81.2 Å². The van der Waals surface area contributed by atoms with Gasteiger partial charge in [-0.25, -0.2) is 4.98 Å². The maximum atomic E-state index is 12.4. The molecule has 1 aliphatic heterocycles. The first kappa shape index (κ1) is 47.3. The van der Waals surface area contributed by atoms with Crippen LogP contribution in [0.25, 0.3) is 11.1 Å². The molecule has 3 aromatic rings. The summed E-state index contributed by atoms with van der Waals surface area (Å²) >= 11 is 18.6. The standard InChI is InChI=1S/C18H16Cl3N3O2.C14H26N2O4.C10H12N2O/c1-22-18(26)14-6-5-11(12-7-10(19)8-13(20)15(12)21)16(23-14)24-17(25)9-3-2-4-9;15-14(18)5-7-19-9-12-1-3-13(4-2-12)10-20-8-6-16-11-17;1-12-9(4-5-10(12)13)8-3-2-6-11-7-8/h5-9H,2-4H2,1H3,(H,22,26)(H,23,24,25);11-13H,1-10H2,(H2,15,18)(H,16,17);2-3,6-7,9H,4-5H2,1H3. The smallest absolute Gasteiger partial charge is 0.269 e. The minimum atomic E-state index is -0.356. The zero-order chi connectivity index (χ0) is 42.7. The van der Waals surface area contributed by atoms with Crippen LogP contribution in [0.1, 0.15) is 86.3 Å². The van der Waals surface area contributed by atoms with E-state index in [0.29, 0.717) is 77.0 Å². The van der Waals surface area contributed by atoms with Crippen LogP contribution in [-0.2, 0) is 28.7 Å². The molecule has 3 aliphatic rings. The summed E-state index contributed by atoms with van der Waals surface area (Å²) < 4.78 is 11.0. The quantitative estimate of drug-likeness (QED) is 0.0694. The van der Waals surface area contributed by atoms with Gasteiger partial charge in [0.05, 0.1) is 29.3 Å². The number of carbonyl (C=O) groups excluding carboxylic acids is 5. The van der Waals surface area contributed by atoms with E-state index in [4.69, 9.17) is 50.0 Å². The van der Waals surface area contributed by atoms with Gasteiger partial charge in [0.1, 0.15) is 11.5 Å². The highest BCUT2D eigenvalue weighted by molar-refractivity contribution is 6.45. The van der Waals surface area contributed by atoms with Crippen molar-refractivity contribution >= 4 is 70.7 Å². The Morgan fingerprint density at radius 2 is 1.64 bits per heavy atom. The van der Waals surface area contributed by atoms with Gasteiger partial charge in [-0.3, -0.25) is 29.0 Å². The molecule has 1 aromatic carbocycles. The monoisotopic (exact) mass is 873 g/mol. The van der Waals surface area contributed by atoms with Crippen molar-refractivity contribution in [1.29, 1.82) is 0 Å². The average Bonchev–Trinajstić information content (AvgIpc) is 3.55. The number of ether oxygens (including phenoxy) is 2. The minimum absolute atomic E-state index is 0.0354. The van der Waals surface area contributed by atoms with Crippen molar-refractivity contribution in [3.8, 4) is 11.1 Å². The van der Waals surface area contributed by atoms with E-state index < -0.39 is 0 Å². The lowest BCUT2D eigenvalue weighted by Gasteiger charge is -2.28. The molecule has 2 aromatic heterocycles. The number of nitrogens with zero attached hydrogens (tertiary/aromatic N) is 3. The minimum Gasteiger partial charge on any atom is -0.381 e. The zero-order valence-corrected chi connectivity index (χ0v) is 35.8. The van der Waals surface area contributed by atoms with Gasteiger partial charge in [0.25, 0.3) is 5.91 Å². The lowest BCUT2D eigenvalue weighted by atomic mass is 9.83. The third-order valence-electron chi connectivity index (χ3n) is 10.6. The van der Waals surface area contributed by atoms with Crippen LogP contribution < -0.4 is 21.7 Å². The lowest BCUT2D eigenvalue weighted by molar-refractivity contribution is -0.127. The van der Waals surface area contributed by atoms with Crippen LogP contribution in [0.2, 0.25) is 15.1 Å². The third kappa shape index (κ3) is 15.0. The Bertz CT molecular complexity index is 1860. The number of hydrogen-bond acceptors (Lipinski definition) is 9. The molecule has 320 valence electrons. The molecule has 6 rings (SSSR count). The van der Waals surface area contributed by atoms with Crippen LogP contribution >= 0.6 is 34.8 Å². The second kappa shape index (κ2) is 24.7. The summed E-state index contributed by atoms with van der Waals surface area (Å²) in [4.78, 5) is 66.4. The number of carbonyl (C=O) groups is 5. The first-order chi connectivity index (χ1) is 28.4. The van der Waals surface area contributed by atoms with Gasteiger partial charge in [-0.1, -0.05) is 47.3 Å². The molecule has 17 heteroatoms. The van der Waals surface area contributed by atoms with E-state index >= 15 is 0 Å². The number of hydrogen-bond donors (Lipinski definition) is 4. The van der Waals surface area contributed by atoms with E-state index in [1.165, 1.54) is 13.1 Å². The average molecular weight is 875 g/mol. The number of benzene rings is 1. The van der Waals surface area contributed by atoms with Crippen LogP contribution in [0, 0.1) is 17.8 Å². The SMILES string of the molecule is CN1C(=O)CCC1c1cccnc1.CNC(=O)c1ccc(-c2cc(Cl)cc(Cl)c2Cl)c(NC(=O)C2CCC2)n1.NC(=O)CCOCC1CCC(COCCNC=O)CC1. The summed E-state index contributed by atoms with van der Waals surface area (Å²) in [5.74, 6) is 0.872. The topological polar surface area (TPSA) is 195 Å². The molecule has 1 unspecified atom stereocenters. The van der Waals surface area contributed by atoms with Gasteiger partial charge in [-0.15, -0.1) is 0 Å². The number of pyridine rings is 2. The molecule has 3 fully saturated rings. The predicted molar refractivity (Wildman–Crippen MR) is 228 cm³/mol. The van der Waals surface area contributed by atoms with Gasteiger partial charge >= 0.3 is 0 Å². The number of rotatable bonds is 16. The van der Waals surface area contributed by atoms with Crippen molar-refractivity contribution in [2.75, 3.05) is 52.4 Å². The maximum Gasteiger partial charge on any atom is 0.269 e. The Morgan fingerprint density at radius 1 is 0.949 bits per heavy atom. The van der Waals surface area contributed by atoms with Crippen molar-refractivity contribution < 1.29 is 33.4 Å². The summed E-state index contributed by atoms with van der Waals surface area (Å²) in [7, 11) is 3.37. The van der Waals surface area contributed by atoms with Crippen molar-refractivity contribution in [2.45, 2.75) is 70.3 Å². The summed E-state index contributed by atoms with van der Waals surface area (Å²) in [6, 6.07) is 10.6.